The van der Waals surface area contributed by atoms with Gasteiger partial charge in [-0.15, -0.1) is 10.2 Å². The second-order valence-electron chi connectivity index (χ2n) is 7.69. The van der Waals surface area contributed by atoms with E-state index in [0.717, 1.165) is 45.1 Å². The van der Waals surface area contributed by atoms with Crippen LogP contribution in [-0.2, 0) is 11.2 Å². The lowest BCUT2D eigenvalue weighted by Gasteiger charge is -2.16. The fraction of sp³-hybridized carbons (Fsp3) is 0.292. The van der Waals surface area contributed by atoms with Crippen molar-refractivity contribution >= 4 is 39.9 Å². The van der Waals surface area contributed by atoms with Crippen molar-refractivity contribution in [1.82, 2.24) is 14.6 Å². The van der Waals surface area contributed by atoms with Crippen molar-refractivity contribution in [2.75, 3.05) is 5.32 Å². The predicted octanol–water partition coefficient (Wildman–Crippen LogP) is 5.49. The van der Waals surface area contributed by atoms with Gasteiger partial charge in [-0.3, -0.25) is 9.20 Å². The molecule has 6 heteroatoms. The van der Waals surface area contributed by atoms with E-state index < -0.39 is 0 Å². The van der Waals surface area contributed by atoms with Crippen LogP contribution in [0.4, 0.5) is 5.69 Å². The first-order valence-electron chi connectivity index (χ1n) is 10.2. The molecule has 0 saturated carbocycles. The molecular formula is C24H26N4OS. The molecule has 2 heterocycles. The lowest BCUT2D eigenvalue weighted by molar-refractivity contribution is -0.115. The Kier molecular flexibility index (Phi) is 5.52. The Morgan fingerprint density at radius 3 is 2.57 bits per heavy atom. The molecular weight excluding hydrogens is 392 g/mol. The number of hydrogen-bond donors (Lipinski definition) is 1. The number of thioether (sulfide) groups is 1. The number of fused-ring (bicyclic) bond motifs is 3. The van der Waals surface area contributed by atoms with E-state index in [9.17, 15) is 4.79 Å². The van der Waals surface area contributed by atoms with Crippen molar-refractivity contribution in [3.05, 3.63) is 64.7 Å². The number of nitrogens with one attached hydrogen (secondary N) is 1. The number of carbonyl (C=O) groups excluding carboxylic acids is 1. The maximum absolute atomic E-state index is 13.0. The summed E-state index contributed by atoms with van der Waals surface area (Å²) < 4.78 is 2.07. The third-order valence-electron chi connectivity index (χ3n) is 5.53. The van der Waals surface area contributed by atoms with Crippen LogP contribution in [0.5, 0.6) is 0 Å². The minimum absolute atomic E-state index is 0.0334. The summed E-state index contributed by atoms with van der Waals surface area (Å²) in [6.07, 6.45) is 0.873. The van der Waals surface area contributed by atoms with E-state index in [-0.39, 0.29) is 11.2 Å². The van der Waals surface area contributed by atoms with Crippen LogP contribution >= 0.6 is 11.8 Å². The summed E-state index contributed by atoms with van der Waals surface area (Å²) in [7, 11) is 0. The normalized spacial score (nSPS) is 12.4. The van der Waals surface area contributed by atoms with Gasteiger partial charge in [-0.25, -0.2) is 0 Å². The first kappa shape index (κ1) is 20.4. The standard InChI is InChI=1S/C24H26N4OS/c1-6-18-11-7-9-14(2)21(18)25-23(29)17(5)30-24-27-26-20-13-16(4)19-12-8-10-15(3)22(19)28(20)24/h7-13,17H,6H2,1-5H3,(H,25,29). The molecule has 4 aromatic rings. The monoisotopic (exact) mass is 418 g/mol. The molecule has 0 saturated heterocycles. The summed E-state index contributed by atoms with van der Waals surface area (Å²) in [6.45, 7) is 10.2. The highest BCUT2D eigenvalue weighted by atomic mass is 32.2. The van der Waals surface area contributed by atoms with Gasteiger partial charge in [0.2, 0.25) is 5.91 Å². The summed E-state index contributed by atoms with van der Waals surface area (Å²) in [6, 6.07) is 14.4. The number of benzene rings is 2. The molecule has 0 aliphatic carbocycles. The maximum Gasteiger partial charge on any atom is 0.237 e. The number of rotatable bonds is 5. The van der Waals surface area contributed by atoms with Gasteiger partial charge in [0.1, 0.15) is 0 Å². The van der Waals surface area contributed by atoms with Gasteiger partial charge in [-0.1, -0.05) is 55.1 Å². The van der Waals surface area contributed by atoms with E-state index in [1.54, 1.807) is 0 Å². The number of pyridine rings is 1. The fourth-order valence-corrected chi connectivity index (χ4v) is 4.71. The zero-order chi connectivity index (χ0) is 21.4. The van der Waals surface area contributed by atoms with Crippen molar-refractivity contribution < 1.29 is 4.79 Å². The van der Waals surface area contributed by atoms with Crippen molar-refractivity contribution in [3.8, 4) is 0 Å². The lowest BCUT2D eigenvalue weighted by atomic mass is 10.1. The van der Waals surface area contributed by atoms with Crippen molar-refractivity contribution in [2.45, 2.75) is 51.4 Å². The first-order chi connectivity index (χ1) is 14.4. The smallest absolute Gasteiger partial charge is 0.237 e. The van der Waals surface area contributed by atoms with Gasteiger partial charge < -0.3 is 5.32 Å². The van der Waals surface area contributed by atoms with E-state index in [2.05, 4.69) is 65.0 Å². The average molecular weight is 419 g/mol. The topological polar surface area (TPSA) is 59.3 Å². The van der Waals surface area contributed by atoms with E-state index in [4.69, 9.17) is 0 Å². The number of para-hydroxylation sites is 2. The molecule has 0 aliphatic heterocycles. The Bertz CT molecular complexity index is 1260. The van der Waals surface area contributed by atoms with E-state index in [0.29, 0.717) is 0 Å². The molecule has 2 aromatic carbocycles. The minimum atomic E-state index is -0.318. The van der Waals surface area contributed by atoms with Crippen LogP contribution in [0.15, 0.2) is 47.6 Å². The Balaban J connectivity index is 1.67. The highest BCUT2D eigenvalue weighted by Gasteiger charge is 2.21. The van der Waals surface area contributed by atoms with E-state index in [1.165, 1.54) is 22.7 Å². The molecule has 2 aromatic heterocycles. The van der Waals surface area contributed by atoms with Crippen LogP contribution in [0.3, 0.4) is 0 Å². The van der Waals surface area contributed by atoms with Gasteiger partial charge in [-0.05, 0) is 62.4 Å². The average Bonchev–Trinajstić information content (AvgIpc) is 3.11. The van der Waals surface area contributed by atoms with Gasteiger partial charge in [0.05, 0.1) is 10.8 Å². The Labute approximate surface area is 180 Å². The Hall–Kier alpha value is -2.86. The number of carbonyl (C=O) groups is 1. The molecule has 1 N–H and O–H groups in total. The Morgan fingerprint density at radius 1 is 1.07 bits per heavy atom. The van der Waals surface area contributed by atoms with Crippen LogP contribution in [0.2, 0.25) is 0 Å². The summed E-state index contributed by atoms with van der Waals surface area (Å²) in [4.78, 5) is 13.0. The van der Waals surface area contributed by atoms with Crippen molar-refractivity contribution in [1.29, 1.82) is 0 Å². The second kappa shape index (κ2) is 8.11. The molecule has 0 spiro atoms. The molecule has 30 heavy (non-hydrogen) atoms. The van der Waals surface area contributed by atoms with Crippen LogP contribution in [-0.4, -0.2) is 25.8 Å². The minimum Gasteiger partial charge on any atom is -0.325 e. The summed E-state index contributed by atoms with van der Waals surface area (Å²) in [5, 5.41) is 13.5. The summed E-state index contributed by atoms with van der Waals surface area (Å²) >= 11 is 1.43. The van der Waals surface area contributed by atoms with Crippen LogP contribution in [0.1, 0.15) is 36.1 Å². The molecule has 154 valence electrons. The molecule has 5 nitrogen and oxygen atoms in total. The molecule has 0 aliphatic rings. The van der Waals surface area contributed by atoms with E-state index in [1.807, 2.05) is 32.0 Å². The van der Waals surface area contributed by atoms with E-state index >= 15 is 0 Å². The molecule has 4 rings (SSSR count). The van der Waals surface area contributed by atoms with Crippen LogP contribution in [0.25, 0.3) is 16.6 Å². The molecule has 1 atom stereocenters. The highest BCUT2D eigenvalue weighted by molar-refractivity contribution is 8.00. The zero-order valence-corrected chi connectivity index (χ0v) is 18.8. The van der Waals surface area contributed by atoms with Gasteiger partial charge >= 0.3 is 0 Å². The van der Waals surface area contributed by atoms with Gasteiger partial charge in [0.25, 0.3) is 0 Å². The number of aromatic nitrogens is 3. The second-order valence-corrected chi connectivity index (χ2v) is 8.99. The first-order valence-corrected chi connectivity index (χ1v) is 11.1. The third kappa shape index (κ3) is 3.56. The fourth-order valence-electron chi connectivity index (χ4n) is 3.85. The van der Waals surface area contributed by atoms with Crippen LogP contribution in [0, 0.1) is 20.8 Å². The van der Waals surface area contributed by atoms with Crippen molar-refractivity contribution in [2.24, 2.45) is 0 Å². The Morgan fingerprint density at radius 2 is 1.80 bits per heavy atom. The number of hydrogen-bond acceptors (Lipinski definition) is 4. The molecule has 0 fully saturated rings. The van der Waals surface area contributed by atoms with Gasteiger partial charge in [-0.2, -0.15) is 0 Å². The largest absolute Gasteiger partial charge is 0.325 e. The lowest BCUT2D eigenvalue weighted by Crippen LogP contribution is -2.24. The quantitative estimate of drug-likeness (QED) is 0.435. The summed E-state index contributed by atoms with van der Waals surface area (Å²) in [5.41, 5.74) is 7.36. The van der Waals surface area contributed by atoms with Crippen molar-refractivity contribution in [3.63, 3.8) is 0 Å². The van der Waals surface area contributed by atoms with Gasteiger partial charge in [0, 0.05) is 11.1 Å². The number of nitrogens with zero attached hydrogens (tertiary/aromatic N) is 3. The highest BCUT2D eigenvalue weighted by Crippen LogP contribution is 2.30. The maximum atomic E-state index is 13.0. The zero-order valence-electron chi connectivity index (χ0n) is 18.0. The molecule has 0 radical (unpaired) electrons. The third-order valence-corrected chi connectivity index (χ3v) is 6.57. The number of anilines is 1. The predicted molar refractivity (Wildman–Crippen MR) is 124 cm³/mol. The molecule has 0 bridgehead atoms. The SMILES string of the molecule is CCc1cccc(C)c1NC(=O)C(C)Sc1nnc2cc(C)c3cccc(C)c3n12. The molecule has 1 amide bonds. The summed E-state index contributed by atoms with van der Waals surface area (Å²) in [5.74, 6) is -0.0334. The number of aryl methyl sites for hydroxylation is 4. The van der Waals surface area contributed by atoms with Crippen LogP contribution < -0.4 is 5.32 Å². The van der Waals surface area contributed by atoms with Gasteiger partial charge in [0.15, 0.2) is 10.8 Å². The molecule has 1 unspecified atom stereocenters. The number of amides is 1.